The molecule has 46 heavy (non-hydrogen) atoms. The Balaban J connectivity index is 1.49. The van der Waals surface area contributed by atoms with Crippen LogP contribution in [0.2, 0.25) is 5.02 Å². The molecule has 15 heteroatoms. The van der Waals surface area contributed by atoms with Gasteiger partial charge < -0.3 is 24.4 Å². The molecule has 5 rings (SSSR count). The minimum Gasteiger partial charge on any atom is -0.466 e. The van der Waals surface area contributed by atoms with E-state index < -0.39 is 57.8 Å². The van der Waals surface area contributed by atoms with Gasteiger partial charge >= 0.3 is 11.9 Å². The molecule has 1 N–H and O–H groups in total. The molecule has 3 atom stereocenters. The third-order valence-electron chi connectivity index (χ3n) is 7.85. The summed E-state index contributed by atoms with van der Waals surface area (Å²) >= 11 is 7.56. The molecular formula is C31H36ClF2N5O6S. The maximum atomic E-state index is 14.7. The molecule has 0 saturated carbocycles. The zero-order chi connectivity index (χ0) is 33.6. The molecule has 2 fully saturated rings. The Morgan fingerprint density at radius 1 is 1.22 bits per heavy atom. The van der Waals surface area contributed by atoms with Crippen LogP contribution < -0.4 is 5.32 Å². The number of carbonyl (C=O) groups excluding carboxylic acids is 3. The number of hydrogen-bond acceptors (Lipinski definition) is 11. The van der Waals surface area contributed by atoms with Gasteiger partial charge in [-0.25, -0.2) is 18.6 Å². The summed E-state index contributed by atoms with van der Waals surface area (Å²) in [6.07, 6.45) is 1.09. The van der Waals surface area contributed by atoms with Crippen molar-refractivity contribution in [2.75, 3.05) is 39.9 Å². The lowest BCUT2D eigenvalue weighted by Gasteiger charge is -2.37. The zero-order valence-electron chi connectivity index (χ0n) is 26.4. The molecule has 1 aromatic carbocycles. The highest BCUT2D eigenvalue weighted by atomic mass is 35.5. The van der Waals surface area contributed by atoms with Crippen LogP contribution in [0.4, 0.5) is 8.78 Å². The fraction of sp³-hybridized carbons (Fsp3) is 0.516. The highest BCUT2D eigenvalue weighted by Crippen LogP contribution is 2.39. The molecule has 4 heterocycles. The number of rotatable bonds is 8. The number of aromatic nitrogens is 1. The molecule has 0 bridgehead atoms. The highest BCUT2D eigenvalue weighted by molar-refractivity contribution is 7.11. The number of nitrogens with one attached hydrogen (secondary N) is 1. The summed E-state index contributed by atoms with van der Waals surface area (Å²) in [6, 6.07) is 0.301. The topological polar surface area (TPSA) is 123 Å². The van der Waals surface area contributed by atoms with Gasteiger partial charge in [0.05, 0.1) is 35.8 Å². The summed E-state index contributed by atoms with van der Waals surface area (Å²) in [7, 11) is 1.20. The molecule has 0 spiro atoms. The monoisotopic (exact) mass is 679 g/mol. The number of benzene rings is 1. The third kappa shape index (κ3) is 6.80. The van der Waals surface area contributed by atoms with Crippen molar-refractivity contribution < 1.29 is 37.4 Å². The quantitative estimate of drug-likeness (QED) is 0.327. The molecule has 0 radical (unpaired) electrons. The first-order chi connectivity index (χ1) is 21.6. The lowest BCUT2D eigenvalue weighted by Crippen LogP contribution is -2.54. The van der Waals surface area contributed by atoms with Gasteiger partial charge in [0.15, 0.2) is 22.5 Å². The summed E-state index contributed by atoms with van der Waals surface area (Å²) < 4.78 is 45.4. The van der Waals surface area contributed by atoms with Crippen LogP contribution in [-0.4, -0.2) is 96.1 Å². The van der Waals surface area contributed by atoms with Gasteiger partial charge in [-0.05, 0) is 40.7 Å². The van der Waals surface area contributed by atoms with Crippen molar-refractivity contribution >= 4 is 46.6 Å². The van der Waals surface area contributed by atoms with Crippen LogP contribution >= 0.6 is 22.9 Å². The zero-order valence-corrected chi connectivity index (χ0v) is 27.9. The number of fused-ring (bicyclic) bond motifs is 1. The molecule has 2 saturated heterocycles. The number of aliphatic imine (C=N–C) groups is 1. The van der Waals surface area contributed by atoms with E-state index in [1.54, 1.807) is 51.1 Å². The number of carbonyl (C=O) groups is 3. The van der Waals surface area contributed by atoms with Gasteiger partial charge in [-0.1, -0.05) is 17.7 Å². The van der Waals surface area contributed by atoms with Crippen LogP contribution in [0.25, 0.3) is 0 Å². The van der Waals surface area contributed by atoms with E-state index in [0.717, 1.165) is 6.07 Å². The van der Waals surface area contributed by atoms with Gasteiger partial charge in [-0.2, -0.15) is 0 Å². The van der Waals surface area contributed by atoms with E-state index in [9.17, 15) is 23.2 Å². The van der Waals surface area contributed by atoms with E-state index in [1.165, 1.54) is 24.5 Å². The predicted octanol–water partition coefficient (Wildman–Crippen LogP) is 3.87. The number of esters is 2. The first-order valence-corrected chi connectivity index (χ1v) is 15.9. The Morgan fingerprint density at radius 3 is 2.61 bits per heavy atom. The van der Waals surface area contributed by atoms with Crippen LogP contribution in [0, 0.1) is 17.0 Å². The van der Waals surface area contributed by atoms with Crippen molar-refractivity contribution in [3.8, 4) is 0 Å². The first kappa shape index (κ1) is 33.9. The second-order valence-corrected chi connectivity index (χ2v) is 14.2. The number of morpholine rings is 1. The van der Waals surface area contributed by atoms with E-state index >= 15 is 0 Å². The number of likely N-dealkylation sites (tertiary alicyclic amines) is 1. The van der Waals surface area contributed by atoms with Crippen LogP contribution in [0.15, 0.2) is 40.0 Å². The molecule has 1 amide bonds. The fourth-order valence-electron chi connectivity index (χ4n) is 5.73. The average molecular weight is 680 g/mol. The van der Waals surface area contributed by atoms with Gasteiger partial charge in [0.1, 0.15) is 17.7 Å². The van der Waals surface area contributed by atoms with Gasteiger partial charge in [-0.3, -0.25) is 19.5 Å². The number of methoxy groups -OCH3 is 1. The van der Waals surface area contributed by atoms with Gasteiger partial charge in [0.25, 0.3) is 0 Å². The standard InChI is InChI=1S/C31H36ClF2N5O6S/c1-30(2,3)45-29(42)31(4,5)15-39-14-19-24(27(39)40)38(10-11-44-19)13-18-20(28(41)43-6)23(16-7-8-17(33)22(34)21(16)32)37-25(36-18)26-35-9-12-46-26/h7-9,12,19,23-24H,10-11,13-15H2,1-6H3,(H,36,37)/t19-,23-,24-/m0/s1. The molecule has 3 aliphatic rings. The van der Waals surface area contributed by atoms with Crippen molar-refractivity contribution in [1.29, 1.82) is 0 Å². The van der Waals surface area contributed by atoms with Crippen molar-refractivity contribution in [3.05, 3.63) is 62.2 Å². The molecular weight excluding hydrogens is 644 g/mol. The van der Waals surface area contributed by atoms with E-state index in [-0.39, 0.29) is 42.5 Å². The van der Waals surface area contributed by atoms with Crippen LogP contribution in [-0.2, 0) is 28.6 Å². The minimum absolute atomic E-state index is 0.0205. The number of hydrogen-bond donors (Lipinski definition) is 1. The summed E-state index contributed by atoms with van der Waals surface area (Å²) in [5, 5.41) is 4.90. The summed E-state index contributed by atoms with van der Waals surface area (Å²) in [6.45, 7) is 9.91. The van der Waals surface area contributed by atoms with E-state index in [2.05, 4.69) is 15.3 Å². The smallest absolute Gasteiger partial charge is 0.338 e. The van der Waals surface area contributed by atoms with E-state index in [1.807, 2.05) is 4.90 Å². The van der Waals surface area contributed by atoms with E-state index in [0.29, 0.717) is 23.9 Å². The second kappa shape index (κ2) is 13.0. The summed E-state index contributed by atoms with van der Waals surface area (Å²) in [4.78, 5) is 52.7. The molecule has 11 nitrogen and oxygen atoms in total. The number of thiazole rings is 1. The minimum atomic E-state index is -1.27. The van der Waals surface area contributed by atoms with Crippen LogP contribution in [0.3, 0.4) is 0 Å². The van der Waals surface area contributed by atoms with E-state index in [4.69, 9.17) is 25.8 Å². The third-order valence-corrected chi connectivity index (χ3v) is 9.01. The molecule has 3 aliphatic heterocycles. The number of ether oxygens (including phenoxy) is 3. The number of nitrogens with zero attached hydrogens (tertiary/aromatic N) is 4. The maximum absolute atomic E-state index is 14.7. The molecule has 0 unspecified atom stereocenters. The highest BCUT2D eigenvalue weighted by Gasteiger charge is 2.49. The Bertz CT molecular complexity index is 1590. The Labute approximate surface area is 274 Å². The fourth-order valence-corrected chi connectivity index (χ4v) is 6.57. The normalized spacial score (nSPS) is 22.4. The largest absolute Gasteiger partial charge is 0.466 e. The van der Waals surface area contributed by atoms with Crippen molar-refractivity contribution in [2.45, 2.75) is 58.4 Å². The number of amides is 1. The Hall–Kier alpha value is -3.46. The number of halogens is 3. The summed E-state index contributed by atoms with van der Waals surface area (Å²) in [5.74, 6) is -3.54. The summed E-state index contributed by atoms with van der Waals surface area (Å²) in [5.41, 5.74) is -1.26. The molecule has 0 aliphatic carbocycles. The Kier molecular flexibility index (Phi) is 9.56. The van der Waals surface area contributed by atoms with Crippen molar-refractivity contribution in [1.82, 2.24) is 20.1 Å². The van der Waals surface area contributed by atoms with Crippen LogP contribution in [0.1, 0.15) is 51.2 Å². The second-order valence-electron chi connectivity index (χ2n) is 12.9. The lowest BCUT2D eigenvalue weighted by atomic mass is 9.92. The maximum Gasteiger partial charge on any atom is 0.338 e. The van der Waals surface area contributed by atoms with Gasteiger partial charge in [0.2, 0.25) is 5.91 Å². The average Bonchev–Trinajstić information content (AvgIpc) is 3.63. The first-order valence-electron chi connectivity index (χ1n) is 14.7. The molecule has 2 aromatic rings. The SMILES string of the molecule is COC(=O)C1=C(CN2CCO[C@H]3CN(CC(C)(C)C(=O)OC(C)(C)C)C(=O)[C@H]32)NC(c2nccs2)=N[C@H]1c1ccc(F)c(F)c1Cl. The number of amidine groups is 1. The Morgan fingerprint density at radius 2 is 1.96 bits per heavy atom. The van der Waals surface area contributed by atoms with Gasteiger partial charge in [-0.15, -0.1) is 11.3 Å². The van der Waals surface area contributed by atoms with Crippen molar-refractivity contribution in [2.24, 2.45) is 10.4 Å². The lowest BCUT2D eigenvalue weighted by molar-refractivity contribution is -0.167. The molecule has 248 valence electrons. The molecule has 1 aromatic heterocycles. The van der Waals surface area contributed by atoms with Crippen molar-refractivity contribution in [3.63, 3.8) is 0 Å². The van der Waals surface area contributed by atoms with Crippen LogP contribution in [0.5, 0.6) is 0 Å². The van der Waals surface area contributed by atoms with Gasteiger partial charge in [0, 0.05) is 49.0 Å². The predicted molar refractivity (Wildman–Crippen MR) is 166 cm³/mol.